The Balaban J connectivity index is 2.71. The number of benzene rings is 1. The van der Waals surface area contributed by atoms with Crippen LogP contribution in [-0.4, -0.2) is 14.3 Å². The first-order valence-corrected chi connectivity index (χ1v) is 9.71. The zero-order valence-corrected chi connectivity index (χ0v) is 16.0. The number of anilines is 1. The molecule has 12 heteroatoms. The molecule has 28 heavy (non-hydrogen) atoms. The molecule has 2 N–H and O–H groups in total. The van der Waals surface area contributed by atoms with Crippen molar-refractivity contribution in [3.63, 3.8) is 0 Å². The van der Waals surface area contributed by atoms with E-state index in [1.165, 1.54) is 0 Å². The van der Waals surface area contributed by atoms with E-state index in [-0.39, 0.29) is 17.8 Å². The Morgan fingerprint density at radius 3 is 2.07 bits per heavy atom. The summed E-state index contributed by atoms with van der Waals surface area (Å²) in [7, 11) is -4.90. The van der Waals surface area contributed by atoms with Crippen LogP contribution in [-0.2, 0) is 22.4 Å². The number of amidine groups is 1. The molecule has 0 radical (unpaired) electrons. The Kier molecular flexibility index (Phi) is 5.79. The van der Waals surface area contributed by atoms with Crippen molar-refractivity contribution in [1.29, 1.82) is 0 Å². The van der Waals surface area contributed by atoms with Gasteiger partial charge in [-0.25, -0.2) is 5.84 Å². The normalized spacial score (nSPS) is 18.1. The largest absolute Gasteiger partial charge is 0.417 e. The van der Waals surface area contributed by atoms with Crippen molar-refractivity contribution < 1.29 is 34.8 Å². The summed E-state index contributed by atoms with van der Waals surface area (Å²) in [6.07, 6.45) is -9.44. The Hall–Kier alpha value is -1.82. The van der Waals surface area contributed by atoms with E-state index in [2.05, 4.69) is 4.40 Å². The van der Waals surface area contributed by atoms with Crippen LogP contribution < -0.4 is 10.9 Å². The van der Waals surface area contributed by atoms with Crippen LogP contribution >= 0.6 is 0 Å². The third-order valence-electron chi connectivity index (χ3n) is 4.30. The predicted molar refractivity (Wildman–Crippen MR) is 91.0 cm³/mol. The minimum Gasteiger partial charge on any atom is -0.263 e. The van der Waals surface area contributed by atoms with E-state index < -0.39 is 50.0 Å². The van der Waals surface area contributed by atoms with Crippen molar-refractivity contribution in [2.24, 2.45) is 22.1 Å². The summed E-state index contributed by atoms with van der Waals surface area (Å²) >= 11 is 0. The lowest BCUT2D eigenvalue weighted by Gasteiger charge is -2.32. The smallest absolute Gasteiger partial charge is 0.263 e. The molecule has 1 aromatic carbocycles. The molecule has 1 unspecified atom stereocenters. The number of hydrogen-bond donors (Lipinski definition) is 1. The highest BCUT2D eigenvalue weighted by atomic mass is 32.2. The second-order valence-corrected chi connectivity index (χ2v) is 8.58. The standard InChI is InChI=1S/C16H19F6N3O2S/c1-8(2)4-5-9(3)14-24-28(26,27)13-11(16(20,21)22)6-10(15(17,18)19)7-12(13)25(14)23/h6-9H,4-5,23H2,1-3H3. The monoisotopic (exact) mass is 431 g/mol. The molecule has 1 aliphatic rings. The molecule has 2 rings (SSSR count). The van der Waals surface area contributed by atoms with Gasteiger partial charge in [0.15, 0.2) is 0 Å². The maximum Gasteiger partial charge on any atom is 0.417 e. The van der Waals surface area contributed by atoms with Crippen LogP contribution in [0.3, 0.4) is 0 Å². The quantitative estimate of drug-likeness (QED) is 0.560. The number of halogens is 6. The van der Waals surface area contributed by atoms with Gasteiger partial charge in [0.05, 0.1) is 16.8 Å². The molecule has 0 spiro atoms. The SMILES string of the molecule is CC(C)CCC(C)C1=NS(=O)(=O)c2c(cc(C(F)(F)F)cc2C(F)(F)F)N1N. The summed E-state index contributed by atoms with van der Waals surface area (Å²) in [5.41, 5.74) is -4.51. The molecular formula is C16H19F6N3O2S. The highest BCUT2D eigenvalue weighted by molar-refractivity contribution is 7.90. The van der Waals surface area contributed by atoms with Crippen LogP contribution in [0.1, 0.15) is 44.7 Å². The molecule has 158 valence electrons. The third-order valence-corrected chi connectivity index (χ3v) is 5.67. The fraction of sp³-hybridized carbons (Fsp3) is 0.562. The topological polar surface area (TPSA) is 75.8 Å². The number of nitrogens with two attached hydrogens (primary N) is 1. The van der Waals surface area contributed by atoms with E-state index in [0.29, 0.717) is 23.9 Å². The van der Waals surface area contributed by atoms with Crippen molar-refractivity contribution in [1.82, 2.24) is 0 Å². The van der Waals surface area contributed by atoms with Crippen molar-refractivity contribution >= 4 is 21.5 Å². The summed E-state index contributed by atoms with van der Waals surface area (Å²) in [6.45, 7) is 5.37. The Morgan fingerprint density at radius 1 is 1.04 bits per heavy atom. The minimum atomic E-state index is -5.35. The lowest BCUT2D eigenvalue weighted by molar-refractivity contribution is -0.144. The first-order valence-electron chi connectivity index (χ1n) is 8.27. The molecule has 0 bridgehead atoms. The number of sulfonamides is 1. The third kappa shape index (κ3) is 4.43. The van der Waals surface area contributed by atoms with Gasteiger partial charge in [-0.15, -0.1) is 4.40 Å². The maximum absolute atomic E-state index is 13.3. The van der Waals surface area contributed by atoms with E-state index >= 15 is 0 Å². The lowest BCUT2D eigenvalue weighted by atomic mass is 9.98. The number of rotatable bonds is 4. The summed E-state index contributed by atoms with van der Waals surface area (Å²) in [5.74, 6) is 5.09. The van der Waals surface area contributed by atoms with Gasteiger partial charge in [-0.2, -0.15) is 34.8 Å². The van der Waals surface area contributed by atoms with E-state index in [1.54, 1.807) is 6.92 Å². The average molecular weight is 431 g/mol. The van der Waals surface area contributed by atoms with Crippen LogP contribution in [0.2, 0.25) is 0 Å². The second-order valence-electron chi connectivity index (χ2n) is 7.03. The van der Waals surface area contributed by atoms with Gasteiger partial charge in [0, 0.05) is 5.92 Å². The van der Waals surface area contributed by atoms with E-state index in [9.17, 15) is 34.8 Å². The van der Waals surface area contributed by atoms with Gasteiger partial charge in [-0.05, 0) is 24.5 Å². The second kappa shape index (κ2) is 7.21. The van der Waals surface area contributed by atoms with Crippen molar-refractivity contribution in [2.45, 2.75) is 50.9 Å². The number of hydrogen-bond acceptors (Lipinski definition) is 4. The van der Waals surface area contributed by atoms with E-state index in [4.69, 9.17) is 5.84 Å². The molecule has 1 atom stereocenters. The molecule has 1 heterocycles. The fourth-order valence-electron chi connectivity index (χ4n) is 2.81. The molecule has 0 aromatic heterocycles. The van der Waals surface area contributed by atoms with Crippen LogP contribution in [0.5, 0.6) is 0 Å². The van der Waals surface area contributed by atoms with Crippen LogP contribution in [0.4, 0.5) is 32.0 Å². The first-order chi connectivity index (χ1) is 12.6. The van der Waals surface area contributed by atoms with Crippen molar-refractivity contribution in [2.75, 3.05) is 5.01 Å². The molecule has 0 saturated carbocycles. The lowest BCUT2D eigenvalue weighted by Crippen LogP contribution is -2.45. The summed E-state index contributed by atoms with van der Waals surface area (Å²) < 4.78 is 108. The van der Waals surface area contributed by atoms with Gasteiger partial charge in [0.25, 0.3) is 10.0 Å². The summed E-state index contributed by atoms with van der Waals surface area (Å²) in [5, 5.41) is 0.506. The zero-order chi connectivity index (χ0) is 21.7. The minimum absolute atomic E-state index is 0.243. The zero-order valence-electron chi connectivity index (χ0n) is 15.2. The Morgan fingerprint density at radius 2 is 1.61 bits per heavy atom. The molecule has 0 saturated heterocycles. The number of hydrazine groups is 1. The Labute approximate surface area is 158 Å². The Bertz CT molecular complexity index is 891. The van der Waals surface area contributed by atoms with Gasteiger partial charge in [0.2, 0.25) is 0 Å². The predicted octanol–water partition coefficient (Wildman–Crippen LogP) is 4.58. The molecule has 0 aliphatic carbocycles. The van der Waals surface area contributed by atoms with Gasteiger partial charge in [0.1, 0.15) is 10.7 Å². The molecule has 5 nitrogen and oxygen atoms in total. The van der Waals surface area contributed by atoms with Gasteiger partial charge < -0.3 is 0 Å². The number of nitrogens with zero attached hydrogens (tertiary/aromatic N) is 2. The van der Waals surface area contributed by atoms with Crippen LogP contribution in [0.15, 0.2) is 21.4 Å². The average Bonchev–Trinajstić information content (AvgIpc) is 2.53. The van der Waals surface area contributed by atoms with Crippen molar-refractivity contribution in [3.8, 4) is 0 Å². The summed E-state index contributed by atoms with van der Waals surface area (Å²) in [6, 6.07) is 0.0545. The van der Waals surface area contributed by atoms with E-state index in [1.807, 2.05) is 13.8 Å². The number of alkyl halides is 6. The first kappa shape index (κ1) is 22.5. The summed E-state index contributed by atoms with van der Waals surface area (Å²) in [4.78, 5) is -1.38. The number of fused-ring (bicyclic) bond motifs is 1. The molecule has 1 aliphatic heterocycles. The van der Waals surface area contributed by atoms with Gasteiger partial charge in [-0.3, -0.25) is 5.01 Å². The highest BCUT2D eigenvalue weighted by Crippen LogP contribution is 2.45. The molecular weight excluding hydrogens is 412 g/mol. The van der Waals surface area contributed by atoms with E-state index in [0.717, 1.165) is 0 Å². The highest BCUT2D eigenvalue weighted by Gasteiger charge is 2.45. The molecule has 0 fully saturated rings. The van der Waals surface area contributed by atoms with Crippen LogP contribution in [0.25, 0.3) is 0 Å². The molecule has 0 amide bonds. The van der Waals surface area contributed by atoms with Crippen LogP contribution in [0, 0.1) is 11.8 Å². The van der Waals surface area contributed by atoms with Gasteiger partial charge in [-0.1, -0.05) is 27.2 Å². The fourth-order valence-corrected chi connectivity index (χ4v) is 4.29. The van der Waals surface area contributed by atoms with Gasteiger partial charge >= 0.3 is 12.4 Å². The molecule has 1 aromatic rings. The van der Waals surface area contributed by atoms with Crippen molar-refractivity contribution in [3.05, 3.63) is 23.3 Å². The maximum atomic E-state index is 13.3.